The number of carboxylic acid groups (broad SMARTS) is 1. The molecule has 0 spiro atoms. The molecule has 6 nitrogen and oxygen atoms in total. The minimum Gasteiger partial charge on any atom is -0.465 e. The predicted octanol–water partition coefficient (Wildman–Crippen LogP) is 5.46. The fourth-order valence-corrected chi connectivity index (χ4v) is 4.52. The van der Waals surface area contributed by atoms with Crippen LogP contribution in [-0.4, -0.2) is 35.3 Å². The predicted molar refractivity (Wildman–Crippen MR) is 135 cm³/mol. The Kier molecular flexibility index (Phi) is 10.7. The van der Waals surface area contributed by atoms with E-state index in [0.717, 1.165) is 12.1 Å². The van der Waals surface area contributed by atoms with Gasteiger partial charge < -0.3 is 15.3 Å². The maximum absolute atomic E-state index is 12.0. The summed E-state index contributed by atoms with van der Waals surface area (Å²) < 4.78 is 0. The van der Waals surface area contributed by atoms with E-state index in [1.807, 2.05) is 0 Å². The normalized spacial score (nSPS) is 10.4. The van der Waals surface area contributed by atoms with Crippen molar-refractivity contribution >= 4 is 12.2 Å². The van der Waals surface area contributed by atoms with Crippen molar-refractivity contribution in [2.24, 2.45) is 0 Å². The summed E-state index contributed by atoms with van der Waals surface area (Å²) in [5.74, 6) is 0. The molecule has 34 heavy (non-hydrogen) atoms. The molecule has 0 atom stereocenters. The van der Waals surface area contributed by atoms with Gasteiger partial charge in [-0.3, -0.25) is 0 Å². The molecule has 0 aliphatic rings. The first-order valence-corrected chi connectivity index (χ1v) is 11.6. The topological polar surface area (TPSA) is 86.7 Å². The number of benzene rings is 2. The first-order chi connectivity index (χ1) is 15.8. The molecule has 2 N–H and O–H groups in total. The van der Waals surface area contributed by atoms with E-state index in [1.54, 1.807) is 0 Å². The van der Waals surface area contributed by atoms with Crippen molar-refractivity contribution < 1.29 is 19.5 Å². The number of carbonyl (C=O) groups is 1. The zero-order valence-electron chi connectivity index (χ0n) is 22.4. The number of nitrogens with one attached hydrogen (secondary N) is 1. The van der Waals surface area contributed by atoms with Crippen LogP contribution in [0.25, 0.3) is 0 Å². The van der Waals surface area contributed by atoms with Gasteiger partial charge in [0, 0.05) is 26.2 Å². The fraction of sp³-hybridized carbons (Fsp3) is 0.500. The lowest BCUT2D eigenvalue weighted by Gasteiger charge is -2.25. The SMILES string of the molecule is Cc1c(C)c(C)c(CNCCN(Cc2c(C)c(C)c(C)c(C)c2C)C(=O)O)c(C)c1C.O=C=O. The minimum atomic E-state index is -0.870. The standard InChI is InChI=1S/C27H40N2O2.CO2/c1-15-17(3)21(7)25(22(8)18(15)4)13-28-11-12-29(27(30)31)14-26-23(9)19(5)16(2)20(6)24(26)10;2-1-3/h28H,11-14H2,1-10H3,(H,30,31);. The van der Waals surface area contributed by atoms with Gasteiger partial charge in [-0.05, 0) is 136 Å². The van der Waals surface area contributed by atoms with Gasteiger partial charge in [-0.15, -0.1) is 0 Å². The molecular weight excluding hydrogens is 428 g/mol. The highest BCUT2D eigenvalue weighted by molar-refractivity contribution is 5.65. The third kappa shape index (κ3) is 6.34. The average molecular weight is 469 g/mol. The summed E-state index contributed by atoms with van der Waals surface area (Å²) in [6.45, 7) is 23.8. The molecule has 1 amide bonds. The molecule has 0 fully saturated rings. The number of nitrogens with zero attached hydrogens (tertiary/aromatic N) is 1. The molecule has 6 heteroatoms. The van der Waals surface area contributed by atoms with Crippen LogP contribution in [-0.2, 0) is 22.7 Å². The summed E-state index contributed by atoms with van der Waals surface area (Å²) in [4.78, 5) is 29.7. The van der Waals surface area contributed by atoms with E-state index in [4.69, 9.17) is 9.59 Å². The lowest BCUT2D eigenvalue weighted by molar-refractivity contribution is -0.191. The van der Waals surface area contributed by atoms with Gasteiger partial charge in [-0.25, -0.2) is 4.79 Å². The van der Waals surface area contributed by atoms with Crippen molar-refractivity contribution in [3.8, 4) is 0 Å². The summed E-state index contributed by atoms with van der Waals surface area (Å²) >= 11 is 0. The highest BCUT2D eigenvalue weighted by Gasteiger charge is 2.18. The second kappa shape index (κ2) is 12.5. The molecule has 0 aromatic heterocycles. The van der Waals surface area contributed by atoms with Crippen LogP contribution in [0.4, 0.5) is 4.79 Å². The lowest BCUT2D eigenvalue weighted by Crippen LogP contribution is -2.36. The monoisotopic (exact) mass is 468 g/mol. The van der Waals surface area contributed by atoms with Crippen molar-refractivity contribution in [2.45, 2.75) is 82.3 Å². The Labute approximate surface area is 204 Å². The zero-order chi connectivity index (χ0) is 26.3. The van der Waals surface area contributed by atoms with Crippen LogP contribution in [0.15, 0.2) is 0 Å². The summed E-state index contributed by atoms with van der Waals surface area (Å²) in [7, 11) is 0. The van der Waals surface area contributed by atoms with Crippen molar-refractivity contribution in [3.63, 3.8) is 0 Å². The van der Waals surface area contributed by atoms with Crippen LogP contribution in [0.1, 0.15) is 66.8 Å². The Balaban J connectivity index is 0.00000182. The van der Waals surface area contributed by atoms with Crippen molar-refractivity contribution in [1.29, 1.82) is 0 Å². The third-order valence-corrected chi connectivity index (χ3v) is 7.79. The zero-order valence-corrected chi connectivity index (χ0v) is 22.4. The highest BCUT2D eigenvalue weighted by atomic mass is 16.4. The van der Waals surface area contributed by atoms with Gasteiger partial charge in [0.05, 0.1) is 0 Å². The number of amides is 1. The molecule has 0 saturated heterocycles. The van der Waals surface area contributed by atoms with Gasteiger partial charge in [0.1, 0.15) is 0 Å². The van der Waals surface area contributed by atoms with E-state index in [9.17, 15) is 9.90 Å². The van der Waals surface area contributed by atoms with E-state index < -0.39 is 6.09 Å². The molecule has 0 saturated carbocycles. The van der Waals surface area contributed by atoms with Gasteiger partial charge in [0.15, 0.2) is 0 Å². The molecule has 186 valence electrons. The Morgan fingerprint density at radius 2 is 1.00 bits per heavy atom. The van der Waals surface area contributed by atoms with E-state index in [2.05, 4.69) is 74.6 Å². The quantitative estimate of drug-likeness (QED) is 0.527. The maximum atomic E-state index is 12.0. The first-order valence-electron chi connectivity index (χ1n) is 11.6. The van der Waals surface area contributed by atoms with Gasteiger partial charge >= 0.3 is 12.2 Å². The van der Waals surface area contributed by atoms with Crippen molar-refractivity contribution in [2.75, 3.05) is 13.1 Å². The molecule has 0 aliphatic carbocycles. The molecule has 2 rings (SSSR count). The van der Waals surface area contributed by atoms with Crippen molar-refractivity contribution in [1.82, 2.24) is 10.2 Å². The molecule has 2 aromatic rings. The number of carbonyl (C=O) groups excluding carboxylic acids is 2. The summed E-state index contributed by atoms with van der Waals surface area (Å²) in [6, 6.07) is 0. The highest BCUT2D eigenvalue weighted by Crippen LogP contribution is 2.28. The molecule has 0 unspecified atom stereocenters. The van der Waals surface area contributed by atoms with Crippen LogP contribution in [0.3, 0.4) is 0 Å². The van der Waals surface area contributed by atoms with Crippen LogP contribution < -0.4 is 5.32 Å². The molecular formula is C28H40N2O4. The number of hydrogen-bond donors (Lipinski definition) is 2. The lowest BCUT2D eigenvalue weighted by atomic mass is 9.89. The molecule has 0 aliphatic heterocycles. The average Bonchev–Trinajstić information content (AvgIpc) is 2.80. The van der Waals surface area contributed by atoms with E-state index in [0.29, 0.717) is 19.6 Å². The second-order valence-corrected chi connectivity index (χ2v) is 9.17. The molecule has 0 bridgehead atoms. The van der Waals surface area contributed by atoms with Crippen LogP contribution in [0.5, 0.6) is 0 Å². The Morgan fingerprint density at radius 1 is 0.676 bits per heavy atom. The van der Waals surface area contributed by atoms with Gasteiger partial charge in [-0.2, -0.15) is 9.59 Å². The number of hydrogen-bond acceptors (Lipinski definition) is 4. The molecule has 0 heterocycles. The van der Waals surface area contributed by atoms with Gasteiger partial charge in [0.2, 0.25) is 0 Å². The first kappa shape index (κ1) is 29.1. The minimum absolute atomic E-state index is 0.250. The van der Waals surface area contributed by atoms with Gasteiger partial charge in [0.25, 0.3) is 0 Å². The molecule has 0 radical (unpaired) electrons. The van der Waals surface area contributed by atoms with Crippen LogP contribution in [0, 0.1) is 69.2 Å². The second-order valence-electron chi connectivity index (χ2n) is 9.17. The summed E-state index contributed by atoms with van der Waals surface area (Å²) in [6.07, 6.45) is -0.620. The Morgan fingerprint density at radius 3 is 1.35 bits per heavy atom. The maximum Gasteiger partial charge on any atom is 0.407 e. The molecule has 2 aromatic carbocycles. The fourth-order valence-electron chi connectivity index (χ4n) is 4.52. The number of rotatable bonds is 7. The summed E-state index contributed by atoms with van der Waals surface area (Å²) in [5.41, 5.74) is 15.4. The Bertz CT molecular complexity index is 1040. The van der Waals surface area contributed by atoms with E-state index in [1.165, 1.54) is 66.1 Å². The smallest absolute Gasteiger partial charge is 0.407 e. The van der Waals surface area contributed by atoms with Gasteiger partial charge in [-0.1, -0.05) is 0 Å². The van der Waals surface area contributed by atoms with Crippen LogP contribution >= 0.6 is 0 Å². The van der Waals surface area contributed by atoms with E-state index in [-0.39, 0.29) is 6.15 Å². The third-order valence-electron chi connectivity index (χ3n) is 7.79. The van der Waals surface area contributed by atoms with Crippen molar-refractivity contribution in [3.05, 3.63) is 66.8 Å². The van der Waals surface area contributed by atoms with Crippen LogP contribution in [0.2, 0.25) is 0 Å². The Hall–Kier alpha value is -2.95. The summed E-state index contributed by atoms with van der Waals surface area (Å²) in [5, 5.41) is 13.3. The largest absolute Gasteiger partial charge is 0.465 e. The van der Waals surface area contributed by atoms with E-state index >= 15 is 0 Å².